The second kappa shape index (κ2) is 5.73. The van der Waals surface area contributed by atoms with E-state index in [0.29, 0.717) is 18.2 Å². The topological polar surface area (TPSA) is 34.1 Å². The molecule has 0 radical (unpaired) electrons. The van der Waals surface area contributed by atoms with Crippen molar-refractivity contribution in [3.8, 4) is 5.75 Å². The van der Waals surface area contributed by atoms with E-state index in [9.17, 15) is 0 Å². The molecule has 0 amide bonds. The normalized spacial score (nSPS) is 10.1. The molecule has 0 atom stereocenters. The molecule has 1 aromatic rings. The van der Waals surface area contributed by atoms with Crippen LogP contribution in [0.15, 0.2) is 23.7 Å². The molecule has 0 aromatic carbocycles. The molecule has 4 heteroatoms. The van der Waals surface area contributed by atoms with Crippen molar-refractivity contribution in [2.75, 3.05) is 13.7 Å². The standard InChI is InChI=1S/C11H15ClN2O/c1-8(12)7-15-11-5-4-9(2)14-10(11)6-13-3/h4-5,13H,1,6-7H2,2-3H3. The minimum Gasteiger partial charge on any atom is -0.486 e. The predicted molar refractivity (Wildman–Crippen MR) is 62.2 cm³/mol. The summed E-state index contributed by atoms with van der Waals surface area (Å²) in [6.07, 6.45) is 0. The summed E-state index contributed by atoms with van der Waals surface area (Å²) in [7, 11) is 1.87. The van der Waals surface area contributed by atoms with E-state index < -0.39 is 0 Å². The Bertz CT molecular complexity index is 352. The van der Waals surface area contributed by atoms with Crippen molar-refractivity contribution in [1.82, 2.24) is 10.3 Å². The number of halogens is 1. The Kier molecular flexibility index (Phi) is 4.59. The van der Waals surface area contributed by atoms with Gasteiger partial charge in [0, 0.05) is 17.3 Å². The van der Waals surface area contributed by atoms with Gasteiger partial charge in [-0.1, -0.05) is 18.2 Å². The van der Waals surface area contributed by atoms with E-state index >= 15 is 0 Å². The molecule has 0 aliphatic rings. The van der Waals surface area contributed by atoms with Crippen LogP contribution in [0, 0.1) is 6.92 Å². The molecule has 0 fully saturated rings. The van der Waals surface area contributed by atoms with E-state index in [4.69, 9.17) is 16.3 Å². The Morgan fingerprint density at radius 2 is 2.33 bits per heavy atom. The van der Waals surface area contributed by atoms with E-state index in [1.165, 1.54) is 0 Å². The fourth-order valence-corrected chi connectivity index (χ4v) is 1.23. The highest BCUT2D eigenvalue weighted by molar-refractivity contribution is 6.29. The van der Waals surface area contributed by atoms with E-state index in [2.05, 4.69) is 16.9 Å². The maximum atomic E-state index is 5.63. The summed E-state index contributed by atoms with van der Waals surface area (Å²) >= 11 is 5.63. The van der Waals surface area contributed by atoms with E-state index in [1.807, 2.05) is 26.1 Å². The highest BCUT2D eigenvalue weighted by Gasteiger charge is 2.05. The van der Waals surface area contributed by atoms with Crippen molar-refractivity contribution in [1.29, 1.82) is 0 Å². The highest BCUT2D eigenvalue weighted by atomic mass is 35.5. The van der Waals surface area contributed by atoms with Gasteiger partial charge in [0.2, 0.25) is 0 Å². The molecule has 1 heterocycles. The van der Waals surface area contributed by atoms with Crippen molar-refractivity contribution in [2.24, 2.45) is 0 Å². The first-order chi connectivity index (χ1) is 7.13. The van der Waals surface area contributed by atoms with Crippen LogP contribution in [-0.2, 0) is 6.54 Å². The molecule has 0 bridgehead atoms. The monoisotopic (exact) mass is 226 g/mol. The Morgan fingerprint density at radius 1 is 1.60 bits per heavy atom. The van der Waals surface area contributed by atoms with Crippen LogP contribution >= 0.6 is 11.6 Å². The number of aryl methyl sites for hydroxylation is 1. The zero-order valence-electron chi connectivity index (χ0n) is 9.01. The second-order valence-corrected chi connectivity index (χ2v) is 3.77. The molecule has 1 N–H and O–H groups in total. The maximum absolute atomic E-state index is 5.63. The third-order valence-electron chi connectivity index (χ3n) is 1.80. The van der Waals surface area contributed by atoms with Gasteiger partial charge in [0.25, 0.3) is 0 Å². The molecule has 15 heavy (non-hydrogen) atoms. The number of pyridine rings is 1. The van der Waals surface area contributed by atoms with Crippen molar-refractivity contribution in [3.05, 3.63) is 35.1 Å². The summed E-state index contributed by atoms with van der Waals surface area (Å²) < 4.78 is 5.47. The lowest BCUT2D eigenvalue weighted by Crippen LogP contribution is -2.10. The molecule has 0 aliphatic carbocycles. The maximum Gasteiger partial charge on any atom is 0.142 e. The van der Waals surface area contributed by atoms with Crippen LogP contribution in [0.25, 0.3) is 0 Å². The average molecular weight is 227 g/mol. The lowest BCUT2D eigenvalue weighted by molar-refractivity contribution is 0.352. The van der Waals surface area contributed by atoms with Gasteiger partial charge < -0.3 is 10.1 Å². The van der Waals surface area contributed by atoms with E-state index in [0.717, 1.165) is 17.1 Å². The molecule has 82 valence electrons. The Labute approximate surface area is 95.1 Å². The quantitative estimate of drug-likeness (QED) is 0.836. The van der Waals surface area contributed by atoms with Gasteiger partial charge in [-0.3, -0.25) is 4.98 Å². The van der Waals surface area contributed by atoms with Crippen molar-refractivity contribution < 1.29 is 4.74 Å². The molecule has 0 saturated carbocycles. The summed E-state index contributed by atoms with van der Waals surface area (Å²) in [4.78, 5) is 4.38. The summed E-state index contributed by atoms with van der Waals surface area (Å²) in [5.41, 5.74) is 1.85. The molecule has 0 aliphatic heterocycles. The SMILES string of the molecule is C=C(Cl)COc1ccc(C)nc1CNC. The van der Waals surface area contributed by atoms with Crippen LogP contribution in [-0.4, -0.2) is 18.6 Å². The lowest BCUT2D eigenvalue weighted by Gasteiger charge is -2.10. The van der Waals surface area contributed by atoms with Gasteiger partial charge >= 0.3 is 0 Å². The number of hydrogen-bond acceptors (Lipinski definition) is 3. The zero-order valence-corrected chi connectivity index (χ0v) is 9.77. The number of rotatable bonds is 5. The average Bonchev–Trinajstić information content (AvgIpc) is 2.17. The van der Waals surface area contributed by atoms with Crippen LogP contribution < -0.4 is 10.1 Å². The molecule has 0 spiro atoms. The number of nitrogens with zero attached hydrogens (tertiary/aromatic N) is 1. The molecule has 1 aromatic heterocycles. The predicted octanol–water partition coefficient (Wildman–Crippen LogP) is 2.24. The fraction of sp³-hybridized carbons (Fsp3) is 0.364. The lowest BCUT2D eigenvalue weighted by atomic mass is 10.3. The smallest absolute Gasteiger partial charge is 0.142 e. The number of aromatic nitrogens is 1. The fourth-order valence-electron chi connectivity index (χ4n) is 1.18. The molecule has 0 saturated heterocycles. The molecule has 3 nitrogen and oxygen atoms in total. The summed E-state index contributed by atoms with van der Waals surface area (Å²) in [5, 5.41) is 3.52. The van der Waals surface area contributed by atoms with Crippen LogP contribution in [0.5, 0.6) is 5.75 Å². The zero-order chi connectivity index (χ0) is 11.3. The summed E-state index contributed by atoms with van der Waals surface area (Å²) in [6, 6.07) is 3.81. The Morgan fingerprint density at radius 3 is 2.93 bits per heavy atom. The van der Waals surface area contributed by atoms with Crippen LogP contribution in [0.4, 0.5) is 0 Å². The van der Waals surface area contributed by atoms with E-state index in [-0.39, 0.29) is 0 Å². The van der Waals surface area contributed by atoms with Gasteiger partial charge in [-0.15, -0.1) is 0 Å². The first kappa shape index (κ1) is 12.0. The van der Waals surface area contributed by atoms with E-state index in [1.54, 1.807) is 0 Å². The summed E-state index contributed by atoms with van der Waals surface area (Å²) in [6.45, 7) is 6.50. The van der Waals surface area contributed by atoms with Crippen LogP contribution in [0.1, 0.15) is 11.4 Å². The van der Waals surface area contributed by atoms with Crippen molar-refractivity contribution in [3.63, 3.8) is 0 Å². The van der Waals surface area contributed by atoms with Crippen molar-refractivity contribution >= 4 is 11.6 Å². The van der Waals surface area contributed by atoms with Crippen LogP contribution in [0.2, 0.25) is 0 Å². The summed E-state index contributed by atoms with van der Waals surface area (Å²) in [5.74, 6) is 0.747. The second-order valence-electron chi connectivity index (χ2n) is 3.23. The van der Waals surface area contributed by atoms with Gasteiger partial charge in [-0.2, -0.15) is 0 Å². The first-order valence-electron chi connectivity index (χ1n) is 4.70. The number of hydrogen-bond donors (Lipinski definition) is 1. The Balaban J connectivity index is 2.80. The van der Waals surface area contributed by atoms with Crippen molar-refractivity contribution in [2.45, 2.75) is 13.5 Å². The van der Waals surface area contributed by atoms with Gasteiger partial charge in [0.1, 0.15) is 12.4 Å². The largest absolute Gasteiger partial charge is 0.486 e. The first-order valence-corrected chi connectivity index (χ1v) is 5.08. The van der Waals surface area contributed by atoms with Gasteiger partial charge in [0.15, 0.2) is 0 Å². The third-order valence-corrected chi connectivity index (χ3v) is 1.91. The third kappa shape index (κ3) is 3.90. The minimum absolute atomic E-state index is 0.309. The van der Waals surface area contributed by atoms with Gasteiger partial charge in [-0.25, -0.2) is 0 Å². The molecule has 1 rings (SSSR count). The number of nitrogens with one attached hydrogen (secondary N) is 1. The van der Waals surface area contributed by atoms with Crippen LogP contribution in [0.3, 0.4) is 0 Å². The molecule has 0 unspecified atom stereocenters. The molecular formula is C11H15ClN2O. The van der Waals surface area contributed by atoms with Gasteiger partial charge in [0.05, 0.1) is 5.69 Å². The van der Waals surface area contributed by atoms with Gasteiger partial charge in [-0.05, 0) is 26.1 Å². The Hall–Kier alpha value is -1.06. The highest BCUT2D eigenvalue weighted by Crippen LogP contribution is 2.17. The molecular weight excluding hydrogens is 212 g/mol. The minimum atomic E-state index is 0.309. The number of ether oxygens (including phenoxy) is 1.